The Morgan fingerprint density at radius 1 is 1.33 bits per heavy atom. The van der Waals surface area contributed by atoms with Crippen LogP contribution in [0.4, 0.5) is 0 Å². The minimum Gasteiger partial charge on any atom is -0.471 e. The lowest BCUT2D eigenvalue weighted by atomic mass is 9.93. The van der Waals surface area contributed by atoms with Crippen LogP contribution in [0.5, 0.6) is 5.88 Å². The fourth-order valence-electron chi connectivity index (χ4n) is 2.54. The molecule has 0 bridgehead atoms. The van der Waals surface area contributed by atoms with E-state index < -0.39 is 0 Å². The molecule has 2 heterocycles. The normalized spacial score (nSPS) is 24.3. The van der Waals surface area contributed by atoms with Gasteiger partial charge in [-0.1, -0.05) is 6.42 Å². The van der Waals surface area contributed by atoms with Crippen molar-refractivity contribution in [3.63, 3.8) is 0 Å². The van der Waals surface area contributed by atoms with Gasteiger partial charge in [0.25, 0.3) is 0 Å². The van der Waals surface area contributed by atoms with Crippen LogP contribution in [0.25, 0.3) is 11.0 Å². The van der Waals surface area contributed by atoms with Crippen molar-refractivity contribution < 1.29 is 4.74 Å². The zero-order chi connectivity index (χ0) is 12.5. The van der Waals surface area contributed by atoms with Crippen LogP contribution in [0, 0.1) is 0 Å². The minimum absolute atomic E-state index is 0.0684. The van der Waals surface area contributed by atoms with E-state index in [-0.39, 0.29) is 12.1 Å². The molecule has 0 aromatic carbocycles. The topological polar surface area (TPSA) is 66.0 Å². The molecule has 0 spiro atoms. The predicted octanol–water partition coefficient (Wildman–Crippen LogP) is 1.62. The number of nitrogens with zero attached hydrogens (tertiary/aromatic N) is 3. The molecule has 2 aromatic heterocycles. The number of fused-ring (bicyclic) bond motifs is 1. The molecule has 1 fully saturated rings. The Morgan fingerprint density at radius 3 is 3.00 bits per heavy atom. The predicted molar refractivity (Wildman–Crippen MR) is 69.4 cm³/mol. The molecule has 1 saturated carbocycles. The molecule has 5 heteroatoms. The van der Waals surface area contributed by atoms with Crippen molar-refractivity contribution in [2.45, 2.75) is 37.8 Å². The molecule has 0 radical (unpaired) electrons. The Morgan fingerprint density at radius 2 is 2.17 bits per heavy atom. The van der Waals surface area contributed by atoms with Gasteiger partial charge in [-0.15, -0.1) is 0 Å². The number of aryl methyl sites for hydroxylation is 1. The van der Waals surface area contributed by atoms with Gasteiger partial charge in [-0.2, -0.15) is 0 Å². The van der Waals surface area contributed by atoms with Crippen LogP contribution in [0.1, 0.15) is 25.7 Å². The van der Waals surface area contributed by atoms with E-state index in [0.29, 0.717) is 5.88 Å². The zero-order valence-corrected chi connectivity index (χ0v) is 10.5. The van der Waals surface area contributed by atoms with Gasteiger partial charge >= 0.3 is 0 Å². The van der Waals surface area contributed by atoms with Gasteiger partial charge in [0.05, 0.1) is 11.8 Å². The largest absolute Gasteiger partial charge is 0.471 e. The van der Waals surface area contributed by atoms with Crippen molar-refractivity contribution in [2.75, 3.05) is 0 Å². The molecule has 2 aromatic rings. The van der Waals surface area contributed by atoms with E-state index in [4.69, 9.17) is 10.5 Å². The Bertz CT molecular complexity index is 551. The van der Waals surface area contributed by atoms with Gasteiger partial charge in [-0.25, -0.2) is 9.97 Å². The molecule has 1 aliphatic carbocycles. The number of imidazole rings is 1. The van der Waals surface area contributed by atoms with Crippen LogP contribution in [0.2, 0.25) is 0 Å². The van der Waals surface area contributed by atoms with Crippen LogP contribution in [-0.2, 0) is 7.05 Å². The number of ether oxygens (including phenoxy) is 1. The SMILES string of the molecule is Cn1cnc2c(OC3CCCCC3N)nccc21. The zero-order valence-electron chi connectivity index (χ0n) is 10.5. The number of aromatic nitrogens is 3. The third kappa shape index (κ3) is 1.95. The maximum Gasteiger partial charge on any atom is 0.242 e. The number of nitrogens with two attached hydrogens (primary N) is 1. The maximum absolute atomic E-state index is 6.10. The Hall–Kier alpha value is -1.62. The first-order valence-electron chi connectivity index (χ1n) is 6.44. The third-order valence-electron chi connectivity index (χ3n) is 3.63. The summed E-state index contributed by atoms with van der Waals surface area (Å²) in [6.45, 7) is 0. The van der Waals surface area contributed by atoms with Gasteiger partial charge in [-0.3, -0.25) is 0 Å². The van der Waals surface area contributed by atoms with Crippen LogP contribution < -0.4 is 10.5 Å². The maximum atomic E-state index is 6.10. The van der Waals surface area contributed by atoms with Gasteiger partial charge in [0.1, 0.15) is 6.10 Å². The average Bonchev–Trinajstić information content (AvgIpc) is 2.76. The standard InChI is InChI=1S/C13H18N4O/c1-17-8-16-12-10(17)6-7-15-13(12)18-11-5-3-2-4-9(11)14/h6-9,11H,2-5,14H2,1H3. The first kappa shape index (κ1) is 11.5. The summed E-state index contributed by atoms with van der Waals surface area (Å²) in [6.07, 6.45) is 8.01. The van der Waals surface area contributed by atoms with E-state index >= 15 is 0 Å². The van der Waals surface area contributed by atoms with Crippen LogP contribution in [0.3, 0.4) is 0 Å². The third-order valence-corrected chi connectivity index (χ3v) is 3.63. The number of hydrogen-bond donors (Lipinski definition) is 1. The molecular weight excluding hydrogens is 228 g/mol. The highest BCUT2D eigenvalue weighted by molar-refractivity contribution is 5.79. The van der Waals surface area contributed by atoms with Crippen molar-refractivity contribution in [3.05, 3.63) is 18.6 Å². The van der Waals surface area contributed by atoms with E-state index in [9.17, 15) is 0 Å². The summed E-state index contributed by atoms with van der Waals surface area (Å²) in [4.78, 5) is 8.64. The van der Waals surface area contributed by atoms with E-state index in [2.05, 4.69) is 9.97 Å². The summed E-state index contributed by atoms with van der Waals surface area (Å²) in [5.74, 6) is 0.607. The molecule has 0 aliphatic heterocycles. The number of rotatable bonds is 2. The molecule has 0 saturated heterocycles. The van der Waals surface area contributed by atoms with Crippen molar-refractivity contribution in [3.8, 4) is 5.88 Å². The smallest absolute Gasteiger partial charge is 0.242 e. The fourth-order valence-corrected chi connectivity index (χ4v) is 2.54. The molecule has 2 N–H and O–H groups in total. The highest BCUT2D eigenvalue weighted by atomic mass is 16.5. The van der Waals surface area contributed by atoms with Gasteiger partial charge in [0, 0.05) is 19.3 Å². The van der Waals surface area contributed by atoms with Crippen LogP contribution in [0.15, 0.2) is 18.6 Å². The Labute approximate surface area is 106 Å². The van der Waals surface area contributed by atoms with Crippen LogP contribution >= 0.6 is 0 Å². The fraction of sp³-hybridized carbons (Fsp3) is 0.538. The second-order valence-electron chi connectivity index (χ2n) is 4.94. The first-order valence-corrected chi connectivity index (χ1v) is 6.44. The molecule has 2 unspecified atom stereocenters. The Balaban J connectivity index is 1.90. The van der Waals surface area contributed by atoms with Gasteiger partial charge in [-0.05, 0) is 25.3 Å². The second-order valence-corrected chi connectivity index (χ2v) is 4.94. The number of pyridine rings is 1. The lowest BCUT2D eigenvalue weighted by molar-refractivity contribution is 0.128. The second kappa shape index (κ2) is 4.57. The van der Waals surface area contributed by atoms with Crippen molar-refractivity contribution in [1.82, 2.24) is 14.5 Å². The van der Waals surface area contributed by atoms with Gasteiger partial charge < -0.3 is 15.0 Å². The highest BCUT2D eigenvalue weighted by Gasteiger charge is 2.24. The molecule has 0 amide bonds. The van der Waals surface area contributed by atoms with Crippen LogP contribution in [-0.4, -0.2) is 26.7 Å². The molecule has 1 aliphatic rings. The molecule has 2 atom stereocenters. The lowest BCUT2D eigenvalue weighted by Crippen LogP contribution is -2.41. The minimum atomic E-state index is 0.0684. The molecule has 18 heavy (non-hydrogen) atoms. The lowest BCUT2D eigenvalue weighted by Gasteiger charge is -2.28. The molecular formula is C13H18N4O. The summed E-state index contributed by atoms with van der Waals surface area (Å²) in [5.41, 5.74) is 7.95. The van der Waals surface area contributed by atoms with Crippen molar-refractivity contribution >= 4 is 11.0 Å². The van der Waals surface area contributed by atoms with E-state index in [1.807, 2.05) is 17.7 Å². The molecule has 3 rings (SSSR count). The highest BCUT2D eigenvalue weighted by Crippen LogP contribution is 2.26. The summed E-state index contributed by atoms with van der Waals surface area (Å²) < 4.78 is 7.95. The van der Waals surface area contributed by atoms with E-state index in [0.717, 1.165) is 23.9 Å². The Kier molecular flexibility index (Phi) is 2.91. The van der Waals surface area contributed by atoms with E-state index in [1.165, 1.54) is 12.8 Å². The monoisotopic (exact) mass is 246 g/mol. The van der Waals surface area contributed by atoms with Gasteiger partial charge in [0.15, 0.2) is 5.52 Å². The molecule has 96 valence electrons. The summed E-state index contributed by atoms with van der Waals surface area (Å²) in [5, 5.41) is 0. The quantitative estimate of drug-likeness (QED) is 0.874. The summed E-state index contributed by atoms with van der Waals surface area (Å²) in [7, 11) is 1.96. The van der Waals surface area contributed by atoms with Crippen molar-refractivity contribution in [2.24, 2.45) is 12.8 Å². The van der Waals surface area contributed by atoms with Gasteiger partial charge in [0.2, 0.25) is 5.88 Å². The number of hydrogen-bond acceptors (Lipinski definition) is 4. The molecule has 5 nitrogen and oxygen atoms in total. The summed E-state index contributed by atoms with van der Waals surface area (Å²) in [6, 6.07) is 2.05. The van der Waals surface area contributed by atoms with Crippen molar-refractivity contribution in [1.29, 1.82) is 0 Å². The first-order chi connectivity index (χ1) is 8.75. The summed E-state index contributed by atoms with van der Waals surface area (Å²) >= 11 is 0. The average molecular weight is 246 g/mol. The van der Waals surface area contributed by atoms with E-state index in [1.54, 1.807) is 12.5 Å².